The Morgan fingerprint density at radius 3 is 2.31 bits per heavy atom. The van der Waals surface area contributed by atoms with Gasteiger partial charge >= 0.3 is 0 Å². The molecule has 0 spiro atoms. The van der Waals surface area contributed by atoms with Gasteiger partial charge in [0.25, 0.3) is 0 Å². The van der Waals surface area contributed by atoms with Crippen molar-refractivity contribution in [3.05, 3.63) is 47.5 Å². The molecule has 1 saturated heterocycles. The van der Waals surface area contributed by atoms with Gasteiger partial charge in [0, 0.05) is 13.1 Å². The molecule has 5 unspecified atom stereocenters. The fourth-order valence-corrected chi connectivity index (χ4v) is 4.51. The minimum atomic E-state index is -0.764. The maximum atomic E-state index is 12.6. The van der Waals surface area contributed by atoms with Crippen molar-refractivity contribution in [2.75, 3.05) is 13.1 Å². The second-order valence-corrected chi connectivity index (χ2v) is 7.51. The number of carbonyl (C=O) groups is 3. The van der Waals surface area contributed by atoms with Gasteiger partial charge in [-0.25, -0.2) is 0 Å². The van der Waals surface area contributed by atoms with Crippen LogP contribution in [-0.4, -0.2) is 35.7 Å². The Morgan fingerprint density at radius 2 is 1.73 bits per heavy atom. The molecule has 1 aromatic rings. The summed E-state index contributed by atoms with van der Waals surface area (Å²) in [7, 11) is 0. The number of allylic oxidation sites excluding steroid dienone is 2. The molecule has 1 saturated carbocycles. The number of nitrogens with zero attached hydrogens (tertiary/aromatic N) is 1. The number of nitrogens with one attached hydrogen (secondary N) is 1. The van der Waals surface area contributed by atoms with E-state index in [0.29, 0.717) is 0 Å². The Labute approximate surface area is 152 Å². The highest BCUT2D eigenvalue weighted by atomic mass is 16.2. The van der Waals surface area contributed by atoms with Crippen LogP contribution in [0.15, 0.2) is 36.4 Å². The van der Waals surface area contributed by atoms with E-state index in [0.717, 1.165) is 17.5 Å². The molecule has 26 heavy (non-hydrogen) atoms. The van der Waals surface area contributed by atoms with Crippen molar-refractivity contribution in [3.8, 4) is 0 Å². The Bertz CT molecular complexity index is 756. The Hall–Kier alpha value is -2.47. The summed E-state index contributed by atoms with van der Waals surface area (Å²) in [4.78, 5) is 38.7. The van der Waals surface area contributed by atoms with E-state index < -0.39 is 6.04 Å². The molecule has 3 amide bonds. The quantitative estimate of drug-likeness (QED) is 0.608. The minimum Gasteiger partial charge on any atom is -0.353 e. The summed E-state index contributed by atoms with van der Waals surface area (Å²) in [5.74, 6) is -0.462. The zero-order valence-corrected chi connectivity index (χ0v) is 14.7. The van der Waals surface area contributed by atoms with Crippen molar-refractivity contribution in [2.45, 2.75) is 19.4 Å². The predicted octanol–water partition coefficient (Wildman–Crippen LogP) is 0.918. The van der Waals surface area contributed by atoms with Gasteiger partial charge in [0.1, 0.15) is 6.04 Å². The van der Waals surface area contributed by atoms with Crippen molar-refractivity contribution < 1.29 is 14.4 Å². The summed E-state index contributed by atoms with van der Waals surface area (Å²) in [6.45, 7) is 2.39. The molecule has 1 aromatic carbocycles. The van der Waals surface area contributed by atoms with Gasteiger partial charge in [-0.1, -0.05) is 42.0 Å². The van der Waals surface area contributed by atoms with Crippen LogP contribution in [0.2, 0.25) is 0 Å². The molecule has 3 aliphatic rings. The number of hydrogen-bond donors (Lipinski definition) is 2. The Morgan fingerprint density at radius 1 is 1.15 bits per heavy atom. The third-order valence-corrected chi connectivity index (χ3v) is 5.92. The lowest BCUT2D eigenvalue weighted by atomic mass is 9.85. The van der Waals surface area contributed by atoms with Crippen molar-refractivity contribution in [2.24, 2.45) is 29.4 Å². The smallest absolute Gasteiger partial charge is 0.241 e. The number of benzene rings is 1. The molecule has 3 N–H and O–H groups in total. The number of imide groups is 1. The van der Waals surface area contributed by atoms with Gasteiger partial charge in [0.2, 0.25) is 17.7 Å². The zero-order valence-electron chi connectivity index (χ0n) is 14.7. The number of fused-ring (bicyclic) bond motifs is 5. The largest absolute Gasteiger partial charge is 0.353 e. The standard InChI is InChI=1S/C20H23N3O3/c1-11-2-4-12(5-3-11)17(21)18(24)22-8-9-23-19(25)15-13-6-7-14(10-13)16(15)20(23)26/h2-7,13-17H,8-10,21H2,1H3,(H,22,24). The van der Waals surface area contributed by atoms with Crippen LogP contribution >= 0.6 is 0 Å². The molecule has 6 nitrogen and oxygen atoms in total. The fraction of sp³-hybridized carbons (Fsp3) is 0.450. The Balaban J connectivity index is 1.32. The van der Waals surface area contributed by atoms with E-state index in [1.807, 2.05) is 31.2 Å². The number of likely N-dealkylation sites (tertiary alicyclic amines) is 1. The van der Waals surface area contributed by atoms with Gasteiger partial charge in [0.05, 0.1) is 11.8 Å². The van der Waals surface area contributed by atoms with E-state index in [9.17, 15) is 14.4 Å². The number of nitrogens with two attached hydrogens (primary N) is 1. The van der Waals surface area contributed by atoms with Crippen molar-refractivity contribution >= 4 is 17.7 Å². The third-order valence-electron chi connectivity index (χ3n) is 5.92. The number of hydrogen-bond acceptors (Lipinski definition) is 4. The van der Waals surface area contributed by atoms with Crippen molar-refractivity contribution in [3.63, 3.8) is 0 Å². The van der Waals surface area contributed by atoms with Crippen LogP contribution in [-0.2, 0) is 14.4 Å². The lowest BCUT2D eigenvalue weighted by Crippen LogP contribution is -2.42. The lowest BCUT2D eigenvalue weighted by molar-refractivity contribution is -0.141. The van der Waals surface area contributed by atoms with E-state index >= 15 is 0 Å². The van der Waals surface area contributed by atoms with Gasteiger partial charge in [-0.2, -0.15) is 0 Å². The molecule has 0 aromatic heterocycles. The molecule has 5 atom stereocenters. The lowest BCUT2D eigenvalue weighted by Gasteiger charge is -2.18. The van der Waals surface area contributed by atoms with Crippen LogP contribution in [0.4, 0.5) is 0 Å². The summed E-state index contributed by atoms with van der Waals surface area (Å²) in [5.41, 5.74) is 7.82. The Kier molecular flexibility index (Phi) is 4.15. The summed E-state index contributed by atoms with van der Waals surface area (Å²) in [6.07, 6.45) is 5.06. The molecular weight excluding hydrogens is 330 g/mol. The van der Waals surface area contributed by atoms with E-state index in [1.54, 1.807) is 0 Å². The first-order chi connectivity index (χ1) is 12.5. The first-order valence-electron chi connectivity index (χ1n) is 9.11. The highest BCUT2D eigenvalue weighted by Crippen LogP contribution is 2.52. The monoisotopic (exact) mass is 353 g/mol. The SMILES string of the molecule is Cc1ccc(C(N)C(=O)NCCN2C(=O)C3C4C=CC(C4)C3C2=O)cc1. The normalized spacial score (nSPS) is 30.0. The van der Waals surface area contributed by atoms with Crippen molar-refractivity contribution in [1.82, 2.24) is 10.2 Å². The maximum absolute atomic E-state index is 12.6. The van der Waals surface area contributed by atoms with Gasteiger partial charge in [0.15, 0.2) is 0 Å². The van der Waals surface area contributed by atoms with Gasteiger partial charge in [-0.05, 0) is 30.7 Å². The van der Waals surface area contributed by atoms with Crippen LogP contribution in [0.3, 0.4) is 0 Å². The summed E-state index contributed by atoms with van der Waals surface area (Å²) < 4.78 is 0. The zero-order chi connectivity index (χ0) is 18.4. The topological polar surface area (TPSA) is 92.5 Å². The molecule has 6 heteroatoms. The maximum Gasteiger partial charge on any atom is 0.241 e. The highest BCUT2D eigenvalue weighted by molar-refractivity contribution is 6.06. The molecule has 2 aliphatic carbocycles. The average molecular weight is 353 g/mol. The van der Waals surface area contributed by atoms with E-state index in [2.05, 4.69) is 17.5 Å². The minimum absolute atomic E-state index is 0.0890. The van der Waals surface area contributed by atoms with E-state index in [4.69, 9.17) is 5.73 Å². The second kappa shape index (κ2) is 6.36. The molecule has 1 heterocycles. The molecule has 1 aliphatic heterocycles. The first-order valence-corrected chi connectivity index (χ1v) is 9.11. The van der Waals surface area contributed by atoms with Gasteiger partial charge < -0.3 is 11.1 Å². The summed E-state index contributed by atoms with van der Waals surface area (Å²) in [5, 5.41) is 2.74. The number of rotatable bonds is 5. The fourth-order valence-electron chi connectivity index (χ4n) is 4.51. The molecule has 2 fully saturated rings. The van der Waals surface area contributed by atoms with Crippen LogP contribution in [0.25, 0.3) is 0 Å². The third kappa shape index (κ3) is 2.65. The molecule has 0 radical (unpaired) electrons. The van der Waals surface area contributed by atoms with Crippen LogP contribution in [0.5, 0.6) is 0 Å². The highest BCUT2D eigenvalue weighted by Gasteiger charge is 2.58. The molecule has 4 rings (SSSR count). The summed E-state index contributed by atoms with van der Waals surface area (Å²) >= 11 is 0. The van der Waals surface area contributed by atoms with Crippen LogP contribution in [0, 0.1) is 30.6 Å². The predicted molar refractivity (Wildman–Crippen MR) is 95.6 cm³/mol. The van der Waals surface area contributed by atoms with Crippen molar-refractivity contribution in [1.29, 1.82) is 0 Å². The number of aryl methyl sites for hydroxylation is 1. The van der Waals surface area contributed by atoms with Gasteiger partial charge in [-0.15, -0.1) is 0 Å². The summed E-state index contributed by atoms with van der Waals surface area (Å²) in [6, 6.07) is 6.71. The first kappa shape index (κ1) is 17.0. The number of carbonyl (C=O) groups excluding carboxylic acids is 3. The van der Waals surface area contributed by atoms with Crippen LogP contribution in [0.1, 0.15) is 23.6 Å². The van der Waals surface area contributed by atoms with Gasteiger partial charge in [-0.3, -0.25) is 19.3 Å². The molecule has 136 valence electrons. The molecular formula is C20H23N3O3. The molecule has 2 bridgehead atoms. The van der Waals surface area contributed by atoms with E-state index in [-0.39, 0.29) is 54.5 Å². The number of amides is 3. The second-order valence-electron chi connectivity index (χ2n) is 7.51. The van der Waals surface area contributed by atoms with E-state index in [1.165, 1.54) is 4.90 Å². The van der Waals surface area contributed by atoms with Crippen LogP contribution < -0.4 is 11.1 Å². The average Bonchev–Trinajstić information content (AvgIpc) is 3.31.